The summed E-state index contributed by atoms with van der Waals surface area (Å²) in [6.07, 6.45) is 0.303. The van der Waals surface area contributed by atoms with Crippen LogP contribution in [0.25, 0.3) is 0 Å². The van der Waals surface area contributed by atoms with E-state index in [1.165, 1.54) is 0 Å². The third-order valence-corrected chi connectivity index (χ3v) is 5.20. The zero-order chi connectivity index (χ0) is 22.1. The molecule has 0 heterocycles. The van der Waals surface area contributed by atoms with E-state index in [2.05, 4.69) is 31.9 Å². The van der Waals surface area contributed by atoms with Gasteiger partial charge in [-0.05, 0) is 45.8 Å². The average Bonchev–Trinajstić information content (AvgIpc) is 2.80. The molecule has 3 N–H and O–H groups in total. The van der Waals surface area contributed by atoms with Gasteiger partial charge in [0.25, 0.3) is 5.91 Å². The van der Waals surface area contributed by atoms with E-state index in [4.69, 9.17) is 0 Å². The number of carbonyl (C=O) groups is 3. The molecule has 31 heavy (non-hydrogen) atoms. The van der Waals surface area contributed by atoms with Gasteiger partial charge in [-0.25, -0.2) is 0 Å². The molecule has 0 radical (unpaired) electrons. The zero-order valence-corrected chi connectivity index (χ0v) is 18.3. The number of anilines is 1. The van der Waals surface area contributed by atoms with Crippen molar-refractivity contribution in [1.29, 1.82) is 0 Å². The molecule has 0 aromatic heterocycles. The summed E-state index contributed by atoms with van der Waals surface area (Å²) < 4.78 is 0.742. The molecule has 0 saturated carbocycles. The Morgan fingerprint density at radius 3 is 2.10 bits per heavy atom. The molecule has 3 rings (SSSR count). The van der Waals surface area contributed by atoms with Gasteiger partial charge in [0.15, 0.2) is 0 Å². The zero-order valence-electron chi connectivity index (χ0n) is 16.7. The number of para-hydroxylation sites is 1. The van der Waals surface area contributed by atoms with Crippen LogP contribution < -0.4 is 16.0 Å². The van der Waals surface area contributed by atoms with Crippen LogP contribution >= 0.6 is 15.9 Å². The molecule has 3 aromatic carbocycles. The number of hydrogen-bond donors (Lipinski definition) is 3. The first-order valence-electron chi connectivity index (χ1n) is 9.75. The molecule has 0 spiro atoms. The molecule has 1 atom stereocenters. The quantitative estimate of drug-likeness (QED) is 0.461. The number of carbonyl (C=O) groups excluding carboxylic acids is 3. The largest absolute Gasteiger partial charge is 0.345 e. The van der Waals surface area contributed by atoms with Gasteiger partial charge in [0.1, 0.15) is 6.04 Å². The molecule has 6 nitrogen and oxygen atoms in total. The summed E-state index contributed by atoms with van der Waals surface area (Å²) in [5, 5.41) is 8.13. The molecular weight excluding hydrogens is 458 g/mol. The lowest BCUT2D eigenvalue weighted by molar-refractivity contribution is -0.125. The number of hydrogen-bond acceptors (Lipinski definition) is 3. The summed E-state index contributed by atoms with van der Waals surface area (Å²) in [4.78, 5) is 37.7. The highest BCUT2D eigenvalue weighted by Crippen LogP contribution is 2.20. The third kappa shape index (κ3) is 6.79. The third-order valence-electron chi connectivity index (χ3n) is 4.51. The van der Waals surface area contributed by atoms with Crippen LogP contribution in [-0.4, -0.2) is 30.3 Å². The topological polar surface area (TPSA) is 87.3 Å². The summed E-state index contributed by atoms with van der Waals surface area (Å²) in [5.41, 5.74) is 1.97. The van der Waals surface area contributed by atoms with Gasteiger partial charge >= 0.3 is 0 Å². The van der Waals surface area contributed by atoms with Crippen LogP contribution in [-0.2, 0) is 16.0 Å². The van der Waals surface area contributed by atoms with Gasteiger partial charge in [0.2, 0.25) is 11.8 Å². The molecular formula is C24H22BrN3O3. The van der Waals surface area contributed by atoms with Crippen LogP contribution in [0.15, 0.2) is 89.4 Å². The van der Waals surface area contributed by atoms with Gasteiger partial charge in [-0.15, -0.1) is 0 Å². The highest BCUT2D eigenvalue weighted by atomic mass is 79.9. The van der Waals surface area contributed by atoms with Crippen molar-refractivity contribution in [2.75, 3.05) is 11.9 Å². The predicted octanol–water partition coefficient (Wildman–Crippen LogP) is 3.55. The van der Waals surface area contributed by atoms with Crippen LogP contribution in [0.2, 0.25) is 0 Å². The molecule has 158 valence electrons. The fourth-order valence-electron chi connectivity index (χ4n) is 2.94. The van der Waals surface area contributed by atoms with Gasteiger partial charge < -0.3 is 16.0 Å². The van der Waals surface area contributed by atoms with E-state index in [1.807, 2.05) is 48.5 Å². The monoisotopic (exact) mass is 479 g/mol. The van der Waals surface area contributed by atoms with Crippen molar-refractivity contribution in [2.45, 2.75) is 12.5 Å². The molecule has 0 fully saturated rings. The minimum atomic E-state index is -0.827. The first-order chi connectivity index (χ1) is 15.0. The Kier molecular flexibility index (Phi) is 7.95. The Hall–Kier alpha value is -3.45. The standard InChI is InChI=1S/C24H22BrN3O3/c25-19-13-7-8-14-20(19)27-22(29)16-26-24(31)21(15-17-9-3-1-4-10-17)28-23(30)18-11-5-2-6-12-18/h1-14,21H,15-16H2,(H,26,31)(H,27,29)(H,28,30). The van der Waals surface area contributed by atoms with Gasteiger partial charge in [0, 0.05) is 16.5 Å². The highest BCUT2D eigenvalue weighted by Gasteiger charge is 2.22. The Morgan fingerprint density at radius 1 is 0.806 bits per heavy atom. The lowest BCUT2D eigenvalue weighted by Gasteiger charge is -2.19. The van der Waals surface area contributed by atoms with Gasteiger partial charge in [-0.1, -0.05) is 60.7 Å². The summed E-state index contributed by atoms with van der Waals surface area (Å²) >= 11 is 3.36. The van der Waals surface area contributed by atoms with Crippen molar-refractivity contribution in [3.8, 4) is 0 Å². The maximum Gasteiger partial charge on any atom is 0.251 e. The van der Waals surface area contributed by atoms with Crippen molar-refractivity contribution >= 4 is 39.3 Å². The second-order valence-electron chi connectivity index (χ2n) is 6.83. The maximum absolute atomic E-state index is 12.8. The second kappa shape index (κ2) is 11.1. The first kappa shape index (κ1) is 22.2. The predicted molar refractivity (Wildman–Crippen MR) is 124 cm³/mol. The van der Waals surface area contributed by atoms with Crippen molar-refractivity contribution in [2.24, 2.45) is 0 Å². The molecule has 0 saturated heterocycles. The summed E-state index contributed by atoms with van der Waals surface area (Å²) in [7, 11) is 0. The lowest BCUT2D eigenvalue weighted by atomic mass is 10.0. The number of benzene rings is 3. The maximum atomic E-state index is 12.8. The Balaban J connectivity index is 1.64. The summed E-state index contributed by atoms with van der Waals surface area (Å²) in [6, 6.07) is 24.4. The molecule has 1 unspecified atom stereocenters. The van der Waals surface area contributed by atoms with E-state index >= 15 is 0 Å². The minimum absolute atomic E-state index is 0.216. The van der Waals surface area contributed by atoms with Crippen molar-refractivity contribution in [3.63, 3.8) is 0 Å². The second-order valence-corrected chi connectivity index (χ2v) is 7.68. The lowest BCUT2D eigenvalue weighted by Crippen LogP contribution is -2.49. The molecule has 0 bridgehead atoms. The van der Waals surface area contributed by atoms with Crippen LogP contribution in [0.5, 0.6) is 0 Å². The van der Waals surface area contributed by atoms with Crippen LogP contribution in [0.4, 0.5) is 5.69 Å². The SMILES string of the molecule is O=C(CNC(=O)C(Cc1ccccc1)NC(=O)c1ccccc1)Nc1ccccc1Br. The molecule has 7 heteroatoms. The van der Waals surface area contributed by atoms with Crippen LogP contribution in [0, 0.1) is 0 Å². The van der Waals surface area contributed by atoms with Crippen LogP contribution in [0.3, 0.4) is 0 Å². The van der Waals surface area contributed by atoms with E-state index in [1.54, 1.807) is 36.4 Å². The van der Waals surface area contributed by atoms with Crippen molar-refractivity contribution < 1.29 is 14.4 Å². The number of halogens is 1. The van der Waals surface area contributed by atoms with Gasteiger partial charge in [-0.2, -0.15) is 0 Å². The molecule has 0 aliphatic carbocycles. The molecule has 0 aliphatic rings. The Morgan fingerprint density at radius 2 is 1.42 bits per heavy atom. The fourth-order valence-corrected chi connectivity index (χ4v) is 3.32. The number of amides is 3. The Labute approximate surface area is 189 Å². The van der Waals surface area contributed by atoms with E-state index in [9.17, 15) is 14.4 Å². The molecule has 3 aromatic rings. The van der Waals surface area contributed by atoms with Gasteiger partial charge in [0.05, 0.1) is 12.2 Å². The van der Waals surface area contributed by atoms with Gasteiger partial charge in [-0.3, -0.25) is 14.4 Å². The normalized spacial score (nSPS) is 11.3. The van der Waals surface area contributed by atoms with E-state index < -0.39 is 11.9 Å². The average molecular weight is 480 g/mol. The minimum Gasteiger partial charge on any atom is -0.345 e. The first-order valence-corrected chi connectivity index (χ1v) is 10.5. The Bertz CT molecular complexity index is 1040. The molecule has 3 amide bonds. The van der Waals surface area contributed by atoms with Crippen molar-refractivity contribution in [1.82, 2.24) is 10.6 Å². The summed E-state index contributed by atoms with van der Waals surface area (Å²) in [5.74, 6) is -1.15. The smallest absolute Gasteiger partial charge is 0.251 e. The van der Waals surface area contributed by atoms with E-state index in [-0.39, 0.29) is 18.4 Å². The molecule has 0 aliphatic heterocycles. The number of nitrogens with one attached hydrogen (secondary N) is 3. The highest BCUT2D eigenvalue weighted by molar-refractivity contribution is 9.10. The summed E-state index contributed by atoms with van der Waals surface area (Å²) in [6.45, 7) is -0.216. The van der Waals surface area contributed by atoms with Crippen LogP contribution in [0.1, 0.15) is 15.9 Å². The fraction of sp³-hybridized carbons (Fsp3) is 0.125. The van der Waals surface area contributed by atoms with Crippen molar-refractivity contribution in [3.05, 3.63) is 101 Å². The van der Waals surface area contributed by atoms with E-state index in [0.717, 1.165) is 10.0 Å². The van der Waals surface area contributed by atoms with E-state index in [0.29, 0.717) is 17.7 Å². The number of rotatable bonds is 8.